The highest BCUT2D eigenvalue weighted by Gasteiger charge is 2.15. The number of halogens is 2. The van der Waals surface area contributed by atoms with Crippen LogP contribution in [-0.2, 0) is 6.42 Å². The van der Waals surface area contributed by atoms with Crippen LogP contribution in [0.15, 0.2) is 48.5 Å². The van der Waals surface area contributed by atoms with Crippen molar-refractivity contribution in [1.82, 2.24) is 5.25 Å². The molecule has 0 aliphatic heterocycles. The molecule has 0 saturated heterocycles. The molecule has 0 aliphatic rings. The highest BCUT2D eigenvalue weighted by Crippen LogP contribution is 2.34. The van der Waals surface area contributed by atoms with Crippen molar-refractivity contribution in [2.24, 2.45) is 0 Å². The summed E-state index contributed by atoms with van der Waals surface area (Å²) < 4.78 is 35.3. The molecular weight excluding hydrogens is 431 g/mol. The molecule has 3 N–H and O–H groups in total. The van der Waals surface area contributed by atoms with E-state index in [1.165, 1.54) is 12.1 Å². The number of benzene rings is 3. The summed E-state index contributed by atoms with van der Waals surface area (Å²) in [5, 5.41) is 11.3. The van der Waals surface area contributed by atoms with E-state index < -0.39 is 14.1 Å². The molecule has 0 fully saturated rings. The van der Waals surface area contributed by atoms with Gasteiger partial charge in [-0.05, 0) is 79.3 Å². The summed E-state index contributed by atoms with van der Waals surface area (Å²) >= 11 is 0. The number of nitrogens with one attached hydrogen (secondary N) is 1. The second-order valence-electron chi connectivity index (χ2n) is 7.83. The first-order valence-electron chi connectivity index (χ1n) is 10.6. The van der Waals surface area contributed by atoms with E-state index in [1.807, 2.05) is 19.1 Å². The van der Waals surface area contributed by atoms with E-state index in [0.717, 1.165) is 30.4 Å². The van der Waals surface area contributed by atoms with Gasteiger partial charge in [0.05, 0.1) is 0 Å². The lowest BCUT2D eigenvalue weighted by atomic mass is 10.00. The minimum absolute atomic E-state index is 0.306. The van der Waals surface area contributed by atoms with Gasteiger partial charge in [-0.2, -0.15) is 5.25 Å². The van der Waals surface area contributed by atoms with Gasteiger partial charge in [-0.1, -0.05) is 31.9 Å². The van der Waals surface area contributed by atoms with Crippen LogP contribution in [0.4, 0.5) is 8.78 Å². The number of hydrogen-bond donors (Lipinski definition) is 3. The monoisotopic (exact) mass is 459 g/mol. The van der Waals surface area contributed by atoms with E-state index in [0.29, 0.717) is 39.9 Å². The average molecular weight is 459 g/mol. The molecule has 4 nitrogen and oxygen atoms in total. The fraction of sp³-hybridized carbons (Fsp3) is 0.280. The molecule has 0 bridgehead atoms. The summed E-state index contributed by atoms with van der Waals surface area (Å²) in [4.78, 5) is 9.81. The molecule has 0 heterocycles. The number of rotatable bonds is 9. The molecule has 1 unspecified atom stereocenters. The Hall–Kier alpha value is -2.37. The Balaban J connectivity index is 1.81. The molecule has 1 atom stereocenters. The lowest BCUT2D eigenvalue weighted by Crippen LogP contribution is -2.12. The highest BCUT2D eigenvalue weighted by molar-refractivity contribution is 7.57. The minimum atomic E-state index is -1.86. The molecule has 0 saturated carbocycles. The Morgan fingerprint density at radius 2 is 1.66 bits per heavy atom. The maximum atomic E-state index is 14.9. The highest BCUT2D eigenvalue weighted by atomic mass is 31.2. The van der Waals surface area contributed by atoms with Gasteiger partial charge < -0.3 is 14.8 Å². The molecule has 3 rings (SSSR count). The van der Waals surface area contributed by atoms with Gasteiger partial charge in [0, 0.05) is 16.9 Å². The molecule has 0 amide bonds. The first-order chi connectivity index (χ1) is 15.3. The van der Waals surface area contributed by atoms with Gasteiger partial charge in [0.2, 0.25) is 0 Å². The van der Waals surface area contributed by atoms with E-state index >= 15 is 0 Å². The summed E-state index contributed by atoms with van der Waals surface area (Å²) in [6, 6.07) is 12.8. The fourth-order valence-corrected chi connectivity index (χ4v) is 4.41. The molecular formula is C25H28F2NO3P. The second kappa shape index (κ2) is 11.0. The Morgan fingerprint density at radius 1 is 0.938 bits per heavy atom. The molecule has 3 aromatic carbocycles. The van der Waals surface area contributed by atoms with Crippen LogP contribution in [0, 0.1) is 25.5 Å². The smallest absolute Gasteiger partial charge is 0.156 e. The van der Waals surface area contributed by atoms with Crippen LogP contribution >= 0.6 is 8.30 Å². The molecule has 0 aliphatic carbocycles. The van der Waals surface area contributed by atoms with Crippen LogP contribution < -0.4 is 15.3 Å². The van der Waals surface area contributed by atoms with Crippen molar-refractivity contribution >= 4 is 13.6 Å². The van der Waals surface area contributed by atoms with Crippen molar-refractivity contribution in [2.75, 3.05) is 0 Å². The zero-order chi connectivity index (χ0) is 23.3. The number of unbranched alkanes of at least 4 members (excludes halogenated alkanes) is 2. The van der Waals surface area contributed by atoms with Gasteiger partial charge in [0.25, 0.3) is 0 Å². The molecule has 170 valence electrons. The zero-order valence-electron chi connectivity index (χ0n) is 18.5. The summed E-state index contributed by atoms with van der Waals surface area (Å²) in [6.07, 6.45) is 3.74. The quantitative estimate of drug-likeness (QED) is 0.190. The van der Waals surface area contributed by atoms with Crippen LogP contribution in [-0.4, -0.2) is 10.1 Å². The predicted molar refractivity (Wildman–Crippen MR) is 125 cm³/mol. The third-order valence-corrected chi connectivity index (χ3v) is 6.30. The van der Waals surface area contributed by atoms with E-state index in [9.17, 15) is 13.7 Å². The van der Waals surface area contributed by atoms with Crippen molar-refractivity contribution in [3.63, 3.8) is 0 Å². The van der Waals surface area contributed by atoms with Crippen molar-refractivity contribution in [3.05, 3.63) is 76.9 Å². The molecule has 0 aromatic heterocycles. The van der Waals surface area contributed by atoms with Crippen molar-refractivity contribution < 1.29 is 23.6 Å². The Kier molecular flexibility index (Phi) is 8.32. The summed E-state index contributed by atoms with van der Waals surface area (Å²) in [6.45, 7) is 5.72. The lowest BCUT2D eigenvalue weighted by molar-refractivity contribution is 0.241. The summed E-state index contributed by atoms with van der Waals surface area (Å²) in [5.41, 5.74) is 2.92. The topological polar surface area (TPSA) is 61.7 Å². The minimum Gasteiger partial charge on any atom is -0.457 e. The normalized spacial score (nSPS) is 12.1. The molecule has 0 radical (unpaired) electrons. The molecule has 32 heavy (non-hydrogen) atoms. The Morgan fingerprint density at radius 3 is 2.25 bits per heavy atom. The third kappa shape index (κ3) is 5.70. The summed E-state index contributed by atoms with van der Waals surface area (Å²) in [5.74, 6) is 0.0416. The van der Waals surface area contributed by atoms with Gasteiger partial charge in [-0.3, -0.25) is 0 Å². The average Bonchev–Trinajstić information content (AvgIpc) is 2.77. The van der Waals surface area contributed by atoms with Gasteiger partial charge in [0.1, 0.15) is 23.1 Å². The number of hydrogen-bond acceptors (Lipinski definition) is 4. The second-order valence-corrected chi connectivity index (χ2v) is 9.17. The van der Waals surface area contributed by atoms with Gasteiger partial charge in [-0.15, -0.1) is 0 Å². The van der Waals surface area contributed by atoms with Crippen LogP contribution in [0.2, 0.25) is 0 Å². The van der Waals surface area contributed by atoms with Crippen molar-refractivity contribution in [3.8, 4) is 22.6 Å². The van der Waals surface area contributed by atoms with Gasteiger partial charge >= 0.3 is 0 Å². The first-order valence-corrected chi connectivity index (χ1v) is 11.9. The predicted octanol–water partition coefficient (Wildman–Crippen LogP) is 6.68. The van der Waals surface area contributed by atoms with E-state index in [2.05, 4.69) is 6.92 Å². The van der Waals surface area contributed by atoms with Crippen LogP contribution in [0.1, 0.15) is 42.9 Å². The first kappa shape index (κ1) is 24.3. The van der Waals surface area contributed by atoms with E-state index in [1.54, 1.807) is 36.4 Å². The summed E-state index contributed by atoms with van der Waals surface area (Å²) in [7, 11) is -1.86. The Labute approximate surface area is 188 Å². The van der Waals surface area contributed by atoms with Gasteiger partial charge in [0.15, 0.2) is 8.30 Å². The van der Waals surface area contributed by atoms with Crippen LogP contribution in [0.3, 0.4) is 0 Å². The van der Waals surface area contributed by atoms with E-state index in [-0.39, 0.29) is 5.82 Å². The fourth-order valence-electron chi connectivity index (χ4n) is 3.66. The van der Waals surface area contributed by atoms with E-state index in [4.69, 9.17) is 9.94 Å². The Bertz CT molecular complexity index is 1070. The SMILES string of the molecule is CCCCCc1ccc(-c2ccc(Oc3c(C)cc(P(O)NO)cc3C)cc2F)cc1F. The molecule has 0 spiro atoms. The lowest BCUT2D eigenvalue weighted by Gasteiger charge is -2.16. The maximum absolute atomic E-state index is 14.9. The zero-order valence-corrected chi connectivity index (χ0v) is 19.3. The largest absolute Gasteiger partial charge is 0.457 e. The van der Waals surface area contributed by atoms with Gasteiger partial charge in [-0.25, -0.2) is 8.78 Å². The van der Waals surface area contributed by atoms with Crippen LogP contribution in [0.25, 0.3) is 11.1 Å². The molecule has 7 heteroatoms. The van der Waals surface area contributed by atoms with Crippen molar-refractivity contribution in [2.45, 2.75) is 46.5 Å². The standard InChI is InChI=1S/C25H28F2NO3P/c1-4-5-6-7-18-8-9-19(14-23(18)26)22-11-10-20(15-24(22)27)31-25-16(2)12-21(13-17(25)3)32(30)28-29/h8-15,28-30H,4-7H2,1-3H3. The third-order valence-electron chi connectivity index (χ3n) is 5.36. The molecule has 3 aromatic rings. The number of aryl methyl sites for hydroxylation is 3. The number of ether oxygens (including phenoxy) is 1. The maximum Gasteiger partial charge on any atom is 0.156 e. The van der Waals surface area contributed by atoms with Crippen molar-refractivity contribution in [1.29, 1.82) is 0 Å². The van der Waals surface area contributed by atoms with Crippen LogP contribution in [0.5, 0.6) is 11.5 Å².